The first kappa shape index (κ1) is 28.8. The number of hydrogen-bond donors (Lipinski definition) is 0. The molecule has 0 aromatic carbocycles. The fourth-order valence-corrected chi connectivity index (χ4v) is 0.576. The summed E-state index contributed by atoms with van der Waals surface area (Å²) in [5.74, 6) is -20.4. The third kappa shape index (κ3) is 27.7. The van der Waals surface area contributed by atoms with Crippen LogP contribution in [0, 0.1) is 0 Å². The highest BCUT2D eigenvalue weighted by Gasteiger charge is 2.52. The Hall–Kier alpha value is -2.23. The van der Waals surface area contributed by atoms with E-state index in [1.807, 2.05) is 0 Å². The number of carbonyl (C=O) groups is 4. The molecule has 0 bridgehead atoms. The van der Waals surface area contributed by atoms with Crippen LogP contribution in [0.15, 0.2) is 0 Å². The molecule has 0 aliphatic carbocycles. The lowest BCUT2D eigenvalue weighted by Gasteiger charge is -2.15. The van der Waals surface area contributed by atoms with E-state index in [0.29, 0.717) is 6.92 Å². The molecule has 33 heavy (non-hydrogen) atoms. The topological polar surface area (TPSA) is 68.3 Å². The largest absolute Gasteiger partial charge is 0.395 e. The number of alkyl halides is 13. The molecule has 0 fully saturated rings. The molecule has 0 aromatic rings. The molecule has 0 N–H and O–H groups in total. The zero-order valence-electron chi connectivity index (χ0n) is 20.7. The van der Waals surface area contributed by atoms with Gasteiger partial charge in [-0.2, -0.15) is 48.3 Å². The van der Waals surface area contributed by atoms with Gasteiger partial charge in [-0.1, -0.05) is 6.92 Å². The second-order valence-corrected chi connectivity index (χ2v) is 5.71. The van der Waals surface area contributed by atoms with Crippen LogP contribution >= 0.6 is 0 Å². The van der Waals surface area contributed by atoms with Crippen molar-refractivity contribution in [1.82, 2.24) is 0 Å². The third-order valence-electron chi connectivity index (χ3n) is 2.23. The van der Waals surface area contributed by atoms with Gasteiger partial charge in [0.25, 0.3) is 5.92 Å². The van der Waals surface area contributed by atoms with E-state index in [1.165, 1.54) is 0 Å². The van der Waals surface area contributed by atoms with Crippen molar-refractivity contribution in [1.29, 1.82) is 0 Å². The fraction of sp³-hybridized carbons (Fsp3) is 0.750. The normalized spacial score (nSPS) is 14.2. The summed E-state index contributed by atoms with van der Waals surface area (Å²) in [4.78, 5) is 38.4. The molecular formula is C16H19F13O4. The van der Waals surface area contributed by atoms with Gasteiger partial charge in [-0.15, -0.1) is 0 Å². The molecule has 0 heterocycles. The molecule has 0 aliphatic rings. The van der Waals surface area contributed by atoms with Crippen molar-refractivity contribution in [2.24, 2.45) is 0 Å². The van der Waals surface area contributed by atoms with Crippen LogP contribution in [0.25, 0.3) is 0 Å². The van der Waals surface area contributed by atoms with Gasteiger partial charge in [0.05, 0.1) is 6.42 Å². The second kappa shape index (κ2) is 14.8. The average Bonchev–Trinajstić information content (AvgIpc) is 2.57. The Balaban J connectivity index is -0.000000198. The van der Waals surface area contributed by atoms with Crippen LogP contribution in [0.1, 0.15) is 45.5 Å². The summed E-state index contributed by atoms with van der Waals surface area (Å²) in [5.41, 5.74) is 0. The smallest absolute Gasteiger partial charge is 0.303 e. The van der Waals surface area contributed by atoms with Gasteiger partial charge in [0.2, 0.25) is 0 Å². The molecule has 198 valence electrons. The molecule has 4 nitrogen and oxygen atoms in total. The first-order valence-electron chi connectivity index (χ1n) is 9.75. The number of hydrogen-bond acceptors (Lipinski definition) is 4. The fourth-order valence-electron chi connectivity index (χ4n) is 0.576. The first-order valence-corrected chi connectivity index (χ1v) is 7.75. The van der Waals surface area contributed by atoms with Crippen LogP contribution in [0.2, 0.25) is 0 Å². The lowest BCUT2D eigenvalue weighted by atomic mass is 10.2. The molecule has 0 spiro atoms. The van der Waals surface area contributed by atoms with Crippen LogP contribution in [-0.2, 0) is 19.2 Å². The quantitative estimate of drug-likeness (QED) is 0.300. The zero-order chi connectivity index (χ0) is 31.4. The van der Waals surface area contributed by atoms with E-state index in [0.717, 1.165) is 6.92 Å². The second-order valence-electron chi connectivity index (χ2n) is 5.71. The van der Waals surface area contributed by atoms with Crippen molar-refractivity contribution in [2.45, 2.75) is 75.8 Å². The summed E-state index contributed by atoms with van der Waals surface area (Å²) in [6.07, 6.45) is -17.4. The van der Waals surface area contributed by atoms with Crippen molar-refractivity contribution in [3.05, 3.63) is 0 Å². The summed E-state index contributed by atoms with van der Waals surface area (Å²) >= 11 is 0. The predicted octanol–water partition coefficient (Wildman–Crippen LogP) is 5.71. The van der Waals surface area contributed by atoms with E-state index >= 15 is 0 Å². The van der Waals surface area contributed by atoms with Gasteiger partial charge in [-0.3, -0.25) is 14.4 Å². The lowest BCUT2D eigenvalue weighted by molar-refractivity contribution is -0.189. The monoisotopic (exact) mass is 526 g/mol. The van der Waals surface area contributed by atoms with E-state index in [2.05, 4.69) is 0 Å². The van der Waals surface area contributed by atoms with Crippen molar-refractivity contribution >= 4 is 25.0 Å². The minimum Gasteiger partial charge on any atom is -0.303 e. The van der Waals surface area contributed by atoms with Gasteiger partial charge >= 0.3 is 29.9 Å². The minimum atomic E-state index is -5.12. The van der Waals surface area contributed by atoms with Crippen molar-refractivity contribution < 1.29 is 81.7 Å². The molecule has 0 aliphatic heterocycles. The Labute approximate surface area is 184 Å². The first-order chi connectivity index (χ1) is 15.8. The Bertz CT molecular complexity index is 761. The summed E-state index contributed by atoms with van der Waals surface area (Å²) in [6.45, 7) is 1.66. The lowest BCUT2D eigenvalue weighted by Crippen LogP contribution is -2.38. The average molecular weight is 526 g/mol. The molecule has 0 aromatic heterocycles. The van der Waals surface area contributed by atoms with Crippen molar-refractivity contribution in [3.63, 3.8) is 0 Å². The summed E-state index contributed by atoms with van der Waals surface area (Å²) in [5, 5.41) is 0. The van der Waals surface area contributed by atoms with Crippen LogP contribution in [0.3, 0.4) is 0 Å². The van der Waals surface area contributed by atoms with Gasteiger partial charge in [-0.05, 0) is 6.92 Å². The van der Waals surface area contributed by atoms with E-state index in [4.69, 9.17) is 5.48 Å². The van der Waals surface area contributed by atoms with E-state index in [1.54, 1.807) is 0 Å². The number of aldehydes is 4. The highest BCUT2D eigenvalue weighted by Crippen LogP contribution is 2.31. The summed E-state index contributed by atoms with van der Waals surface area (Å²) < 4.78 is 174. The molecule has 0 saturated carbocycles. The van der Waals surface area contributed by atoms with Crippen molar-refractivity contribution in [2.75, 3.05) is 0 Å². The van der Waals surface area contributed by atoms with Gasteiger partial charge in [-0.25, -0.2) is 8.78 Å². The summed E-state index contributed by atoms with van der Waals surface area (Å²) in [7, 11) is 0. The Morgan fingerprint density at radius 2 is 1.03 bits per heavy atom. The molecule has 0 saturated heterocycles. The number of rotatable bonds is 8. The Morgan fingerprint density at radius 3 is 1.06 bits per heavy atom. The number of halogens is 13. The van der Waals surface area contributed by atoms with Gasteiger partial charge in [0.15, 0.2) is 18.8 Å². The van der Waals surface area contributed by atoms with Crippen LogP contribution in [0.4, 0.5) is 57.1 Å². The van der Waals surface area contributed by atoms with Gasteiger partial charge < -0.3 is 4.79 Å². The van der Waals surface area contributed by atoms with E-state index < -0.39 is 80.1 Å². The highest BCUT2D eigenvalue weighted by atomic mass is 19.4. The third-order valence-corrected chi connectivity index (χ3v) is 2.23. The molecule has 0 rings (SSSR count). The van der Waals surface area contributed by atoms with Gasteiger partial charge in [0.1, 0.15) is 18.2 Å². The Kier molecular flexibility index (Phi) is 12.9. The maximum absolute atomic E-state index is 11.8. The molecule has 0 atom stereocenters. The molecule has 0 unspecified atom stereocenters. The minimum absolute atomic E-state index is 0.112. The maximum atomic E-state index is 11.8. The maximum Gasteiger partial charge on any atom is 0.395 e. The van der Waals surface area contributed by atoms with Crippen molar-refractivity contribution in [3.8, 4) is 0 Å². The molecular weight excluding hydrogens is 503 g/mol. The molecule has 17 heteroatoms. The number of carbonyl (C=O) groups excluding carboxylic acids is 4. The van der Waals surface area contributed by atoms with E-state index in [9.17, 15) is 76.3 Å². The Morgan fingerprint density at radius 1 is 0.667 bits per heavy atom. The van der Waals surface area contributed by atoms with E-state index in [-0.39, 0.29) is 6.92 Å². The standard InChI is InChI=1S/C4H3F5O.C4H4F4O.2C4H6F2O/c5-3(6,2-10)1-4(7,8)9;1-3(5,6)4(7,8)2-9;1-4(5,6)2-3-7;1-2-4(5,6)3-7/h2H,1H2;2H,1H3;2*3H,2H2,1H3/i2*2D;2*3D. The SMILES string of the molecule is [2H]C(=O)C(F)(F)C(C)(F)F.[2H]C(=O)C(F)(F)CC.[2H]C(=O)C(F)(F)CC(F)(F)F.[2H]C(=O)CC(C)(F)F. The van der Waals surface area contributed by atoms with Crippen LogP contribution < -0.4 is 0 Å². The molecule has 0 radical (unpaired) electrons. The highest BCUT2D eigenvalue weighted by molar-refractivity contribution is 5.61. The summed E-state index contributed by atoms with van der Waals surface area (Å²) in [6, 6.07) is 0. The van der Waals surface area contributed by atoms with Crippen LogP contribution in [-0.4, -0.2) is 60.8 Å². The predicted molar refractivity (Wildman–Crippen MR) is 85.9 cm³/mol. The zero-order valence-corrected chi connectivity index (χ0v) is 16.7. The van der Waals surface area contributed by atoms with Gasteiger partial charge in [0, 0.05) is 13.3 Å². The molecule has 0 amide bonds. The van der Waals surface area contributed by atoms with Crippen LogP contribution in [0.5, 0.6) is 0 Å².